The minimum Gasteiger partial charge on any atom is -0.235 e. The zero-order valence-electron chi connectivity index (χ0n) is 8.89. The topological polar surface area (TPSA) is 18.5 Å². The third kappa shape index (κ3) is 9.13. The summed E-state index contributed by atoms with van der Waals surface area (Å²) < 4.78 is 0. The molecule has 0 saturated heterocycles. The highest BCUT2D eigenvalue weighted by Gasteiger charge is 2.11. The van der Waals surface area contributed by atoms with Gasteiger partial charge in [0, 0.05) is 5.92 Å². The van der Waals surface area contributed by atoms with Crippen LogP contribution in [0.3, 0.4) is 0 Å². The highest BCUT2D eigenvalue weighted by molar-refractivity contribution is 5.13. The van der Waals surface area contributed by atoms with Crippen molar-refractivity contribution in [2.75, 3.05) is 6.61 Å². The fourth-order valence-electron chi connectivity index (χ4n) is 0.556. The van der Waals surface area contributed by atoms with Gasteiger partial charge in [0.25, 0.3) is 0 Å². The Morgan fingerprint density at radius 3 is 2.54 bits per heavy atom. The minimum absolute atomic E-state index is 0.167. The van der Waals surface area contributed by atoms with E-state index >= 15 is 0 Å². The molecule has 13 heavy (non-hydrogen) atoms. The Bertz CT molecular complexity index is 202. The summed E-state index contributed by atoms with van der Waals surface area (Å²) in [7, 11) is 0. The summed E-state index contributed by atoms with van der Waals surface area (Å²) in [6, 6.07) is 0. The monoisotopic (exact) mass is 182 g/mol. The van der Waals surface area contributed by atoms with E-state index in [-0.39, 0.29) is 11.5 Å². The van der Waals surface area contributed by atoms with Crippen LogP contribution in [-0.2, 0) is 9.78 Å². The third-order valence-corrected chi connectivity index (χ3v) is 1.06. The number of hydrogen-bond acceptors (Lipinski definition) is 2. The van der Waals surface area contributed by atoms with Crippen LogP contribution in [-0.4, -0.2) is 12.2 Å². The summed E-state index contributed by atoms with van der Waals surface area (Å²) in [5, 5.41) is 0. The Morgan fingerprint density at radius 2 is 2.08 bits per heavy atom. The van der Waals surface area contributed by atoms with Gasteiger partial charge in [-0.15, -0.1) is 0 Å². The first-order chi connectivity index (χ1) is 5.95. The Balaban J connectivity index is 3.59. The van der Waals surface area contributed by atoms with Crippen molar-refractivity contribution < 1.29 is 9.78 Å². The van der Waals surface area contributed by atoms with Gasteiger partial charge in [-0.05, 0) is 33.8 Å². The molecule has 0 heterocycles. The van der Waals surface area contributed by atoms with E-state index in [0.717, 1.165) is 0 Å². The first kappa shape index (κ1) is 12.2. The highest BCUT2D eigenvalue weighted by atomic mass is 17.2. The number of allylic oxidation sites excluding steroid dienone is 1. The van der Waals surface area contributed by atoms with Gasteiger partial charge in [0.15, 0.2) is 0 Å². The zero-order valence-corrected chi connectivity index (χ0v) is 8.89. The fourth-order valence-corrected chi connectivity index (χ4v) is 0.556. The van der Waals surface area contributed by atoms with Gasteiger partial charge in [0.2, 0.25) is 0 Å². The second-order valence-corrected chi connectivity index (χ2v) is 3.87. The molecule has 2 nitrogen and oxygen atoms in total. The van der Waals surface area contributed by atoms with Crippen LogP contribution in [0.4, 0.5) is 0 Å². The van der Waals surface area contributed by atoms with Crippen molar-refractivity contribution in [1.29, 1.82) is 0 Å². The molecule has 0 fully saturated rings. The van der Waals surface area contributed by atoms with Crippen LogP contribution in [0.2, 0.25) is 0 Å². The molecule has 0 aliphatic heterocycles. The summed E-state index contributed by atoms with van der Waals surface area (Å²) >= 11 is 0. The van der Waals surface area contributed by atoms with Gasteiger partial charge < -0.3 is 0 Å². The second kappa shape index (κ2) is 5.80. The average Bonchev–Trinajstić information content (AvgIpc) is 1.98. The molecule has 74 valence electrons. The first-order valence-corrected chi connectivity index (χ1v) is 4.38. The molecule has 0 aromatic carbocycles. The van der Waals surface area contributed by atoms with Gasteiger partial charge in [-0.1, -0.05) is 18.4 Å². The molecular formula is C11H18O2. The average molecular weight is 182 g/mol. The van der Waals surface area contributed by atoms with Crippen LogP contribution in [0.5, 0.6) is 0 Å². The zero-order chi connectivity index (χ0) is 10.3. The molecule has 0 aromatic heterocycles. The summed E-state index contributed by atoms with van der Waals surface area (Å²) in [5.74, 6) is 5.89. The molecule has 0 bridgehead atoms. The molecule has 0 rings (SSSR count). The maximum atomic E-state index is 5.09. The van der Waals surface area contributed by atoms with Crippen LogP contribution >= 0.6 is 0 Å². The number of rotatable bonds is 3. The first-order valence-electron chi connectivity index (χ1n) is 4.38. The van der Waals surface area contributed by atoms with Crippen LogP contribution in [0.1, 0.15) is 27.7 Å². The standard InChI is InChI=1S/C11H18O2/c1-6-7-8-10(2)9-12-13-11(3,4)5/h6,10H,1,9H2,2-5H3. The van der Waals surface area contributed by atoms with Gasteiger partial charge in [0.1, 0.15) is 0 Å². The molecular weight excluding hydrogens is 164 g/mol. The number of hydrogen-bond donors (Lipinski definition) is 0. The van der Waals surface area contributed by atoms with Crippen molar-refractivity contribution in [3.05, 3.63) is 12.7 Å². The van der Waals surface area contributed by atoms with Crippen molar-refractivity contribution in [3.8, 4) is 11.8 Å². The largest absolute Gasteiger partial charge is 0.235 e. The molecule has 0 spiro atoms. The van der Waals surface area contributed by atoms with E-state index in [0.29, 0.717) is 6.61 Å². The quantitative estimate of drug-likeness (QED) is 0.379. The van der Waals surface area contributed by atoms with Crippen molar-refractivity contribution in [2.24, 2.45) is 5.92 Å². The van der Waals surface area contributed by atoms with E-state index in [1.807, 2.05) is 27.7 Å². The molecule has 1 atom stereocenters. The molecule has 0 amide bonds. The van der Waals surface area contributed by atoms with E-state index in [1.54, 1.807) is 6.08 Å². The van der Waals surface area contributed by atoms with Gasteiger partial charge in [-0.25, -0.2) is 9.78 Å². The van der Waals surface area contributed by atoms with Crippen molar-refractivity contribution in [2.45, 2.75) is 33.3 Å². The maximum absolute atomic E-state index is 5.09. The van der Waals surface area contributed by atoms with Crippen LogP contribution in [0.15, 0.2) is 12.7 Å². The summed E-state index contributed by atoms with van der Waals surface area (Å²) in [5.41, 5.74) is -0.258. The van der Waals surface area contributed by atoms with Crippen LogP contribution < -0.4 is 0 Å². The predicted octanol–water partition coefficient (Wildman–Crippen LogP) is 2.56. The third-order valence-electron chi connectivity index (χ3n) is 1.06. The fraction of sp³-hybridized carbons (Fsp3) is 0.636. The highest BCUT2D eigenvalue weighted by Crippen LogP contribution is 2.07. The van der Waals surface area contributed by atoms with Gasteiger partial charge in [0.05, 0.1) is 12.2 Å². The molecule has 0 saturated carbocycles. The molecule has 1 unspecified atom stereocenters. The van der Waals surface area contributed by atoms with E-state index in [9.17, 15) is 0 Å². The van der Waals surface area contributed by atoms with E-state index in [1.165, 1.54) is 0 Å². The SMILES string of the molecule is C=CC#CC(C)COOC(C)(C)C. The lowest BCUT2D eigenvalue weighted by atomic mass is 10.2. The normalized spacial score (nSPS) is 12.9. The van der Waals surface area contributed by atoms with Gasteiger partial charge in [-0.2, -0.15) is 0 Å². The van der Waals surface area contributed by atoms with Gasteiger partial charge >= 0.3 is 0 Å². The lowest BCUT2D eigenvalue weighted by Crippen LogP contribution is -2.20. The van der Waals surface area contributed by atoms with Crippen molar-refractivity contribution in [3.63, 3.8) is 0 Å². The van der Waals surface area contributed by atoms with Crippen molar-refractivity contribution >= 4 is 0 Å². The van der Waals surface area contributed by atoms with E-state index < -0.39 is 0 Å². The maximum Gasteiger partial charge on any atom is 0.0957 e. The Labute approximate surface area is 80.9 Å². The van der Waals surface area contributed by atoms with Crippen molar-refractivity contribution in [1.82, 2.24) is 0 Å². The Kier molecular flexibility index (Phi) is 5.45. The molecule has 0 N–H and O–H groups in total. The predicted molar refractivity (Wildman–Crippen MR) is 53.9 cm³/mol. The second-order valence-electron chi connectivity index (χ2n) is 3.87. The molecule has 0 aliphatic carbocycles. The summed E-state index contributed by atoms with van der Waals surface area (Å²) in [4.78, 5) is 10.1. The minimum atomic E-state index is -0.258. The Hall–Kier alpha value is -0.780. The van der Waals surface area contributed by atoms with Crippen LogP contribution in [0, 0.1) is 17.8 Å². The van der Waals surface area contributed by atoms with Gasteiger partial charge in [-0.3, -0.25) is 0 Å². The van der Waals surface area contributed by atoms with E-state index in [4.69, 9.17) is 9.78 Å². The lowest BCUT2D eigenvalue weighted by molar-refractivity contribution is -0.351. The molecule has 0 aliphatic rings. The Morgan fingerprint density at radius 1 is 1.46 bits per heavy atom. The lowest BCUT2D eigenvalue weighted by Gasteiger charge is -2.18. The smallest absolute Gasteiger partial charge is 0.0957 e. The molecule has 0 aromatic rings. The summed E-state index contributed by atoms with van der Waals surface area (Å²) in [6.07, 6.45) is 1.57. The summed E-state index contributed by atoms with van der Waals surface area (Å²) in [6.45, 7) is 11.8. The molecule has 0 radical (unpaired) electrons. The van der Waals surface area contributed by atoms with Crippen LogP contribution in [0.25, 0.3) is 0 Å². The molecule has 2 heteroatoms. The van der Waals surface area contributed by atoms with E-state index in [2.05, 4.69) is 18.4 Å².